The summed E-state index contributed by atoms with van der Waals surface area (Å²) < 4.78 is 77.8. The van der Waals surface area contributed by atoms with Crippen LogP contribution in [-0.4, -0.2) is 0 Å². The fraction of sp³-hybridized carbons (Fsp3) is 0.100. The van der Waals surface area contributed by atoms with E-state index in [1.54, 1.807) is 29.2 Å². The maximum atomic E-state index is 12.8. The molecule has 8 heteroatoms. The summed E-state index contributed by atoms with van der Waals surface area (Å²) in [4.78, 5) is 1.58. The molecule has 0 unspecified atom stereocenters. The van der Waals surface area contributed by atoms with Gasteiger partial charge in [-0.3, -0.25) is 0 Å². The highest BCUT2D eigenvalue weighted by Crippen LogP contribution is 2.38. The lowest BCUT2D eigenvalue weighted by molar-refractivity contribution is -0.138. The molecule has 3 rings (SSSR count). The standard InChI is InChI=1S/C20H12BrF6N/c21-15-5-11-18(12-6-15)28(16-7-1-13(2-8-16)19(22,23)24)17-9-3-14(4-10-17)20(25,26)27/h1-12H. The zero-order chi connectivity index (χ0) is 20.5. The molecule has 0 aliphatic heterocycles. The van der Waals surface area contributed by atoms with Crippen LogP contribution in [0.1, 0.15) is 11.1 Å². The van der Waals surface area contributed by atoms with Crippen LogP contribution in [0.4, 0.5) is 43.4 Å². The van der Waals surface area contributed by atoms with E-state index in [2.05, 4.69) is 15.9 Å². The van der Waals surface area contributed by atoms with Gasteiger partial charge in [0, 0.05) is 21.5 Å². The van der Waals surface area contributed by atoms with Crippen molar-refractivity contribution in [3.63, 3.8) is 0 Å². The van der Waals surface area contributed by atoms with Gasteiger partial charge >= 0.3 is 12.4 Å². The van der Waals surface area contributed by atoms with Gasteiger partial charge in [-0.2, -0.15) is 26.3 Å². The van der Waals surface area contributed by atoms with Crippen molar-refractivity contribution in [1.29, 1.82) is 0 Å². The summed E-state index contributed by atoms with van der Waals surface area (Å²) in [6.07, 6.45) is -8.95. The molecule has 0 aliphatic carbocycles. The molecule has 0 amide bonds. The van der Waals surface area contributed by atoms with Crippen molar-refractivity contribution in [3.8, 4) is 0 Å². The van der Waals surface area contributed by atoms with E-state index in [9.17, 15) is 26.3 Å². The fourth-order valence-corrected chi connectivity index (χ4v) is 2.90. The molecule has 3 aromatic rings. The van der Waals surface area contributed by atoms with Crippen molar-refractivity contribution in [2.45, 2.75) is 12.4 Å². The molecule has 0 bridgehead atoms. The summed E-state index contributed by atoms with van der Waals surface area (Å²) in [5.74, 6) is 0. The van der Waals surface area contributed by atoms with Gasteiger partial charge in [-0.15, -0.1) is 0 Å². The van der Waals surface area contributed by atoms with Crippen LogP contribution >= 0.6 is 15.9 Å². The summed E-state index contributed by atoms with van der Waals surface area (Å²) >= 11 is 3.30. The van der Waals surface area contributed by atoms with Crippen molar-refractivity contribution >= 4 is 33.0 Å². The monoisotopic (exact) mass is 459 g/mol. The molecule has 3 aromatic carbocycles. The third kappa shape index (κ3) is 4.49. The Hall–Kier alpha value is -2.48. The van der Waals surface area contributed by atoms with Crippen molar-refractivity contribution in [2.75, 3.05) is 4.90 Å². The Morgan fingerprint density at radius 1 is 0.500 bits per heavy atom. The van der Waals surface area contributed by atoms with Gasteiger partial charge in [0.05, 0.1) is 11.1 Å². The molecule has 0 spiro atoms. The molecular formula is C20H12BrF6N. The molecule has 0 heterocycles. The highest BCUT2D eigenvalue weighted by atomic mass is 79.9. The first-order valence-electron chi connectivity index (χ1n) is 7.96. The molecule has 0 aliphatic rings. The third-order valence-corrected chi connectivity index (χ3v) is 4.52. The van der Waals surface area contributed by atoms with Gasteiger partial charge in [0.25, 0.3) is 0 Å². The molecule has 0 aromatic heterocycles. The molecule has 0 atom stereocenters. The fourth-order valence-electron chi connectivity index (χ4n) is 2.64. The number of hydrogen-bond acceptors (Lipinski definition) is 1. The van der Waals surface area contributed by atoms with Crippen LogP contribution in [-0.2, 0) is 12.4 Å². The minimum absolute atomic E-state index is 0.384. The third-order valence-electron chi connectivity index (χ3n) is 3.99. The van der Waals surface area contributed by atoms with Gasteiger partial charge in [0.15, 0.2) is 0 Å². The molecule has 28 heavy (non-hydrogen) atoms. The largest absolute Gasteiger partial charge is 0.416 e. The van der Waals surface area contributed by atoms with Crippen molar-refractivity contribution in [3.05, 3.63) is 88.4 Å². The van der Waals surface area contributed by atoms with Crippen LogP contribution in [0.3, 0.4) is 0 Å². The van der Waals surface area contributed by atoms with Crippen molar-refractivity contribution in [1.82, 2.24) is 0 Å². The number of rotatable bonds is 3. The van der Waals surface area contributed by atoms with Crippen LogP contribution in [0, 0.1) is 0 Å². The van der Waals surface area contributed by atoms with Gasteiger partial charge in [0.1, 0.15) is 0 Å². The zero-order valence-electron chi connectivity index (χ0n) is 14.0. The van der Waals surface area contributed by atoms with E-state index in [-0.39, 0.29) is 0 Å². The van der Waals surface area contributed by atoms with Gasteiger partial charge in [-0.05, 0) is 72.8 Å². The molecular weight excluding hydrogens is 448 g/mol. The summed E-state index contributed by atoms with van der Waals surface area (Å²) in [6.45, 7) is 0. The van der Waals surface area contributed by atoms with E-state index in [0.717, 1.165) is 28.7 Å². The van der Waals surface area contributed by atoms with E-state index in [1.807, 2.05) is 0 Å². The molecule has 1 nitrogen and oxygen atoms in total. The summed E-state index contributed by atoms with van der Waals surface area (Å²) in [5.41, 5.74) is -0.258. The second kappa shape index (κ2) is 7.50. The Morgan fingerprint density at radius 3 is 1.07 bits per heavy atom. The number of alkyl halides is 6. The van der Waals surface area contributed by atoms with Gasteiger partial charge in [-0.25, -0.2) is 0 Å². The zero-order valence-corrected chi connectivity index (χ0v) is 15.6. The molecule has 0 saturated carbocycles. The number of benzene rings is 3. The lowest BCUT2D eigenvalue weighted by Gasteiger charge is -2.26. The quantitative estimate of drug-likeness (QED) is 0.359. The molecule has 0 N–H and O–H groups in total. The Kier molecular flexibility index (Phi) is 5.43. The predicted octanol–water partition coefficient (Wildman–Crippen LogP) is 7.96. The van der Waals surface area contributed by atoms with Gasteiger partial charge < -0.3 is 4.90 Å². The molecule has 0 fully saturated rings. The molecule has 0 saturated heterocycles. The summed E-state index contributed by atoms with van der Waals surface area (Å²) in [6, 6.07) is 15.7. The molecule has 146 valence electrons. The predicted molar refractivity (Wildman–Crippen MR) is 98.8 cm³/mol. The van der Waals surface area contributed by atoms with E-state index >= 15 is 0 Å². The number of nitrogens with zero attached hydrogens (tertiary/aromatic N) is 1. The van der Waals surface area contributed by atoms with Crippen LogP contribution < -0.4 is 4.90 Å². The highest BCUT2D eigenvalue weighted by molar-refractivity contribution is 9.10. The molecule has 0 radical (unpaired) electrons. The average Bonchev–Trinajstić information content (AvgIpc) is 2.63. The highest BCUT2D eigenvalue weighted by Gasteiger charge is 2.31. The van der Waals surface area contributed by atoms with Crippen molar-refractivity contribution in [2.24, 2.45) is 0 Å². The van der Waals surface area contributed by atoms with Gasteiger partial charge in [0.2, 0.25) is 0 Å². The smallest absolute Gasteiger partial charge is 0.311 e. The van der Waals surface area contributed by atoms with Crippen LogP contribution in [0.25, 0.3) is 0 Å². The Labute approximate surface area is 165 Å². The maximum absolute atomic E-state index is 12.8. The Balaban J connectivity index is 2.06. The number of anilines is 3. The van der Waals surface area contributed by atoms with Crippen LogP contribution in [0.15, 0.2) is 77.3 Å². The van der Waals surface area contributed by atoms with E-state index in [4.69, 9.17) is 0 Å². The summed E-state index contributed by atoms with van der Waals surface area (Å²) in [7, 11) is 0. The maximum Gasteiger partial charge on any atom is 0.416 e. The lowest BCUT2D eigenvalue weighted by Crippen LogP contribution is -2.12. The normalized spacial score (nSPS) is 12.1. The van der Waals surface area contributed by atoms with E-state index < -0.39 is 23.5 Å². The lowest BCUT2D eigenvalue weighted by atomic mass is 10.1. The number of hydrogen-bond donors (Lipinski definition) is 0. The second-order valence-corrected chi connectivity index (χ2v) is 6.82. The Morgan fingerprint density at radius 2 is 0.786 bits per heavy atom. The van der Waals surface area contributed by atoms with E-state index in [0.29, 0.717) is 17.1 Å². The first-order chi connectivity index (χ1) is 13.1. The number of halogens is 7. The average molecular weight is 460 g/mol. The summed E-state index contributed by atoms with van der Waals surface area (Å²) in [5, 5.41) is 0. The van der Waals surface area contributed by atoms with Crippen molar-refractivity contribution < 1.29 is 26.3 Å². The van der Waals surface area contributed by atoms with Crippen LogP contribution in [0.2, 0.25) is 0 Å². The van der Waals surface area contributed by atoms with Crippen LogP contribution in [0.5, 0.6) is 0 Å². The SMILES string of the molecule is FC(F)(F)c1ccc(N(c2ccc(Br)cc2)c2ccc(C(F)(F)F)cc2)cc1. The minimum Gasteiger partial charge on any atom is -0.311 e. The first kappa shape index (κ1) is 20.3. The topological polar surface area (TPSA) is 3.24 Å². The Bertz CT molecular complexity index is 871. The minimum atomic E-state index is -4.48. The van der Waals surface area contributed by atoms with Gasteiger partial charge in [-0.1, -0.05) is 15.9 Å². The second-order valence-electron chi connectivity index (χ2n) is 5.90. The first-order valence-corrected chi connectivity index (χ1v) is 8.75. The van der Waals surface area contributed by atoms with E-state index in [1.165, 1.54) is 24.3 Å².